The number of carbonyl (C=O) groups is 1. The van der Waals surface area contributed by atoms with Gasteiger partial charge < -0.3 is 5.32 Å². The van der Waals surface area contributed by atoms with Crippen LogP contribution in [0.1, 0.15) is 66.7 Å². The van der Waals surface area contributed by atoms with Crippen molar-refractivity contribution in [3.63, 3.8) is 0 Å². The van der Waals surface area contributed by atoms with E-state index in [1.54, 1.807) is 4.31 Å². The normalized spacial score (nSPS) is 26.3. The number of carbonyl (C=O) groups excluding carboxylic acids is 1. The van der Waals surface area contributed by atoms with Gasteiger partial charge in [-0.3, -0.25) is 9.69 Å². The van der Waals surface area contributed by atoms with E-state index in [-0.39, 0.29) is 23.1 Å². The van der Waals surface area contributed by atoms with Crippen molar-refractivity contribution in [2.75, 3.05) is 38.5 Å². The van der Waals surface area contributed by atoms with Crippen molar-refractivity contribution in [3.8, 4) is 0 Å². The maximum atomic E-state index is 12.7. The van der Waals surface area contributed by atoms with Crippen molar-refractivity contribution in [1.82, 2.24) is 14.5 Å². The summed E-state index contributed by atoms with van der Waals surface area (Å²) in [6.07, 6.45) is 4.09. The molecule has 0 aromatic rings. The Hall–Kier alpha value is -0.660. The van der Waals surface area contributed by atoms with Gasteiger partial charge in [-0.1, -0.05) is 27.2 Å². The number of hydrogen-bond donors (Lipinski definition) is 1. The van der Waals surface area contributed by atoms with E-state index in [2.05, 4.69) is 37.9 Å². The Morgan fingerprint density at radius 1 is 1.11 bits per heavy atom. The van der Waals surface area contributed by atoms with Crippen LogP contribution >= 0.6 is 0 Å². The number of nitrogens with one attached hydrogen (secondary N) is 1. The summed E-state index contributed by atoms with van der Waals surface area (Å²) in [5, 5.41) is 3.16. The second-order valence-corrected chi connectivity index (χ2v) is 11.8. The lowest BCUT2D eigenvalue weighted by molar-refractivity contribution is -0.126. The predicted octanol–water partition coefficient (Wildman–Crippen LogP) is 2.70. The summed E-state index contributed by atoms with van der Waals surface area (Å²) in [7, 11) is -3.16. The Bertz CT molecular complexity index is 602. The third-order valence-corrected chi connectivity index (χ3v) is 8.35. The molecule has 7 heteroatoms. The molecule has 2 rings (SSSR count). The quantitative estimate of drug-likeness (QED) is 0.662. The molecular weight excluding hydrogens is 374 g/mol. The van der Waals surface area contributed by atoms with Crippen LogP contribution in [0.2, 0.25) is 0 Å². The van der Waals surface area contributed by atoms with E-state index >= 15 is 0 Å². The van der Waals surface area contributed by atoms with Crippen LogP contribution in [-0.4, -0.2) is 67.5 Å². The molecule has 0 radical (unpaired) electrons. The third kappa shape index (κ3) is 6.42. The lowest BCUT2D eigenvalue weighted by Crippen LogP contribution is -2.56. The maximum Gasteiger partial charge on any atom is 0.223 e. The number of likely N-dealkylation sites (tertiary alicyclic amines) is 1. The fraction of sp³-hybridized carbons (Fsp3) is 0.952. The highest BCUT2D eigenvalue weighted by Gasteiger charge is 2.35. The summed E-state index contributed by atoms with van der Waals surface area (Å²) < 4.78 is 26.2. The van der Waals surface area contributed by atoms with E-state index < -0.39 is 10.0 Å². The van der Waals surface area contributed by atoms with Gasteiger partial charge in [0.15, 0.2) is 0 Å². The predicted molar refractivity (Wildman–Crippen MR) is 115 cm³/mol. The van der Waals surface area contributed by atoms with Gasteiger partial charge in [0.1, 0.15) is 0 Å². The first-order valence-corrected chi connectivity index (χ1v) is 12.7. The zero-order chi connectivity index (χ0) is 20.9. The zero-order valence-electron chi connectivity index (χ0n) is 18.5. The Morgan fingerprint density at radius 3 is 2.21 bits per heavy atom. The molecule has 2 heterocycles. The minimum atomic E-state index is -3.16. The molecule has 2 fully saturated rings. The van der Waals surface area contributed by atoms with E-state index in [9.17, 15) is 13.2 Å². The Morgan fingerprint density at radius 2 is 1.68 bits per heavy atom. The summed E-state index contributed by atoms with van der Waals surface area (Å²) >= 11 is 0. The summed E-state index contributed by atoms with van der Waals surface area (Å²) in [6, 6.07) is 0. The molecule has 1 amide bonds. The number of piperidine rings is 2. The molecule has 0 bridgehead atoms. The van der Waals surface area contributed by atoms with Gasteiger partial charge in [0, 0.05) is 44.2 Å². The molecule has 0 spiro atoms. The zero-order valence-corrected chi connectivity index (χ0v) is 19.4. The Kier molecular flexibility index (Phi) is 8.35. The molecule has 164 valence electrons. The molecule has 28 heavy (non-hydrogen) atoms. The largest absolute Gasteiger partial charge is 0.354 e. The molecule has 6 nitrogen and oxygen atoms in total. The van der Waals surface area contributed by atoms with Crippen molar-refractivity contribution in [3.05, 3.63) is 0 Å². The second-order valence-electron chi connectivity index (χ2n) is 9.72. The Labute approximate surface area is 172 Å². The van der Waals surface area contributed by atoms with Gasteiger partial charge in [-0.25, -0.2) is 12.7 Å². The summed E-state index contributed by atoms with van der Waals surface area (Å²) in [5.41, 5.74) is -0.0667. The molecule has 0 aromatic heterocycles. The van der Waals surface area contributed by atoms with Crippen LogP contribution in [0, 0.1) is 17.8 Å². The first-order valence-electron chi connectivity index (χ1n) is 11.1. The highest BCUT2D eigenvalue weighted by Crippen LogP contribution is 2.27. The molecular formula is C21H41N3O3S. The maximum absolute atomic E-state index is 12.7. The molecule has 0 aliphatic carbocycles. The average Bonchev–Trinajstić information content (AvgIpc) is 2.64. The molecule has 2 unspecified atom stereocenters. The topological polar surface area (TPSA) is 69.7 Å². The minimum Gasteiger partial charge on any atom is -0.354 e. The molecule has 2 atom stereocenters. The number of hydrogen-bond acceptors (Lipinski definition) is 4. The van der Waals surface area contributed by atoms with Gasteiger partial charge in [0.2, 0.25) is 15.9 Å². The first kappa shape index (κ1) is 23.6. The molecule has 2 saturated heterocycles. The van der Waals surface area contributed by atoms with E-state index in [0.717, 1.165) is 19.5 Å². The number of amides is 1. The fourth-order valence-corrected chi connectivity index (χ4v) is 6.25. The second kappa shape index (κ2) is 9.90. The van der Waals surface area contributed by atoms with Crippen molar-refractivity contribution in [2.24, 2.45) is 17.8 Å². The van der Waals surface area contributed by atoms with Gasteiger partial charge in [0.05, 0.1) is 5.75 Å². The number of sulfonamides is 1. The SMILES string of the molecule is CCCCS(=O)(=O)N1CCC(C(=O)NCC(C)(C)N2CC(C)CC(C)C2)CC1. The van der Waals surface area contributed by atoms with Crippen molar-refractivity contribution >= 4 is 15.9 Å². The monoisotopic (exact) mass is 415 g/mol. The van der Waals surface area contributed by atoms with E-state index in [1.807, 2.05) is 6.92 Å². The van der Waals surface area contributed by atoms with Crippen LogP contribution in [-0.2, 0) is 14.8 Å². The van der Waals surface area contributed by atoms with Gasteiger partial charge in [0.25, 0.3) is 0 Å². The van der Waals surface area contributed by atoms with Crippen molar-refractivity contribution in [1.29, 1.82) is 0 Å². The van der Waals surface area contributed by atoms with Crippen LogP contribution in [0.4, 0.5) is 0 Å². The highest BCUT2D eigenvalue weighted by molar-refractivity contribution is 7.89. The summed E-state index contributed by atoms with van der Waals surface area (Å²) in [4.78, 5) is 15.2. The number of nitrogens with zero attached hydrogens (tertiary/aromatic N) is 2. The molecule has 2 aliphatic heterocycles. The standard InChI is InChI=1S/C21H41N3O3S/c1-6-7-12-28(26,27)24-10-8-19(9-11-24)20(25)22-16-21(4,5)23-14-17(2)13-18(3)15-23/h17-19H,6-16H2,1-5H3,(H,22,25). The van der Waals surface area contributed by atoms with Crippen LogP contribution in [0.5, 0.6) is 0 Å². The van der Waals surface area contributed by atoms with E-state index in [0.29, 0.717) is 50.7 Å². The van der Waals surface area contributed by atoms with Gasteiger partial charge in [-0.2, -0.15) is 0 Å². The van der Waals surface area contributed by atoms with Crippen LogP contribution in [0.3, 0.4) is 0 Å². The van der Waals surface area contributed by atoms with Crippen LogP contribution < -0.4 is 5.32 Å². The van der Waals surface area contributed by atoms with Crippen molar-refractivity contribution < 1.29 is 13.2 Å². The smallest absolute Gasteiger partial charge is 0.223 e. The number of rotatable bonds is 8. The molecule has 0 saturated carbocycles. The third-order valence-electron chi connectivity index (χ3n) is 6.39. The molecule has 1 N–H and O–H groups in total. The summed E-state index contributed by atoms with van der Waals surface area (Å²) in [6.45, 7) is 14.8. The average molecular weight is 416 g/mol. The molecule has 2 aliphatic rings. The van der Waals surface area contributed by atoms with Gasteiger partial charge in [-0.05, 0) is 51.4 Å². The molecule has 0 aromatic carbocycles. The van der Waals surface area contributed by atoms with Crippen LogP contribution in [0.15, 0.2) is 0 Å². The summed E-state index contributed by atoms with van der Waals surface area (Å²) in [5.74, 6) is 1.61. The van der Waals surface area contributed by atoms with Gasteiger partial charge >= 0.3 is 0 Å². The number of unbranched alkanes of at least 4 members (excludes halogenated alkanes) is 1. The lowest BCUT2D eigenvalue weighted by atomic mass is 9.88. The lowest BCUT2D eigenvalue weighted by Gasteiger charge is -2.45. The van der Waals surface area contributed by atoms with E-state index in [4.69, 9.17) is 0 Å². The first-order chi connectivity index (χ1) is 13.0. The van der Waals surface area contributed by atoms with E-state index in [1.165, 1.54) is 6.42 Å². The van der Waals surface area contributed by atoms with Gasteiger partial charge in [-0.15, -0.1) is 0 Å². The van der Waals surface area contributed by atoms with Crippen molar-refractivity contribution in [2.45, 2.75) is 72.3 Å². The fourth-order valence-electron chi connectivity index (χ4n) is 4.57. The Balaban J connectivity index is 1.81. The van der Waals surface area contributed by atoms with Crippen LogP contribution in [0.25, 0.3) is 0 Å². The minimum absolute atomic E-state index is 0.0667. The highest BCUT2D eigenvalue weighted by atomic mass is 32.2.